The van der Waals surface area contributed by atoms with Crippen LogP contribution in [0.5, 0.6) is 5.75 Å². The summed E-state index contributed by atoms with van der Waals surface area (Å²) in [5, 5.41) is 4.14. The Morgan fingerprint density at radius 3 is 2.91 bits per heavy atom. The molecule has 1 atom stereocenters. The van der Waals surface area contributed by atoms with E-state index in [0.717, 1.165) is 31.9 Å². The molecule has 23 heavy (non-hydrogen) atoms. The Balaban J connectivity index is 1.50. The second-order valence-electron chi connectivity index (χ2n) is 5.52. The number of aryl methyl sites for hydroxylation is 1. The van der Waals surface area contributed by atoms with Crippen molar-refractivity contribution >= 4 is 0 Å². The molecule has 0 aliphatic carbocycles. The molecular formula is C16H21FN4O2. The largest absolute Gasteiger partial charge is 0.494 e. The van der Waals surface area contributed by atoms with Crippen molar-refractivity contribution in [2.75, 3.05) is 32.9 Å². The van der Waals surface area contributed by atoms with E-state index in [1.54, 1.807) is 23.1 Å². The second-order valence-corrected chi connectivity index (χ2v) is 5.52. The first-order valence-electron chi connectivity index (χ1n) is 7.78. The number of aromatic nitrogens is 3. The molecule has 0 bridgehead atoms. The van der Waals surface area contributed by atoms with Crippen LogP contribution in [0.15, 0.2) is 30.6 Å². The zero-order chi connectivity index (χ0) is 16.1. The fourth-order valence-electron chi connectivity index (χ4n) is 2.74. The van der Waals surface area contributed by atoms with E-state index in [0.29, 0.717) is 19.0 Å². The van der Waals surface area contributed by atoms with Crippen molar-refractivity contribution in [3.8, 4) is 5.75 Å². The number of hydrogen-bond acceptors (Lipinski definition) is 5. The van der Waals surface area contributed by atoms with Crippen LogP contribution in [0.3, 0.4) is 0 Å². The molecule has 124 valence electrons. The van der Waals surface area contributed by atoms with Gasteiger partial charge in [-0.25, -0.2) is 9.37 Å². The molecule has 2 heterocycles. The van der Waals surface area contributed by atoms with Crippen LogP contribution in [-0.4, -0.2) is 52.6 Å². The Morgan fingerprint density at radius 1 is 1.35 bits per heavy atom. The number of rotatable bonds is 6. The highest BCUT2D eigenvalue weighted by Gasteiger charge is 2.27. The molecule has 1 unspecified atom stereocenters. The van der Waals surface area contributed by atoms with E-state index in [2.05, 4.69) is 15.0 Å². The Kier molecular flexibility index (Phi) is 5.19. The second kappa shape index (κ2) is 7.52. The van der Waals surface area contributed by atoms with E-state index in [1.807, 2.05) is 7.05 Å². The van der Waals surface area contributed by atoms with Crippen molar-refractivity contribution in [2.45, 2.75) is 12.5 Å². The lowest BCUT2D eigenvalue weighted by Gasteiger charge is -2.34. The molecule has 0 radical (unpaired) electrons. The number of morpholine rings is 1. The fraction of sp³-hybridized carbons (Fsp3) is 0.500. The zero-order valence-electron chi connectivity index (χ0n) is 13.2. The maximum Gasteiger partial charge on any atom is 0.146 e. The number of halogens is 1. The van der Waals surface area contributed by atoms with E-state index in [1.165, 1.54) is 12.1 Å². The van der Waals surface area contributed by atoms with Gasteiger partial charge in [0.2, 0.25) is 0 Å². The maximum absolute atomic E-state index is 12.8. The predicted molar refractivity (Wildman–Crippen MR) is 82.6 cm³/mol. The maximum atomic E-state index is 12.8. The van der Waals surface area contributed by atoms with Gasteiger partial charge in [0.15, 0.2) is 0 Å². The van der Waals surface area contributed by atoms with Crippen LogP contribution in [0.1, 0.15) is 18.3 Å². The third kappa shape index (κ3) is 4.05. The Morgan fingerprint density at radius 2 is 2.17 bits per heavy atom. The Bertz CT molecular complexity index is 617. The van der Waals surface area contributed by atoms with Gasteiger partial charge in [-0.1, -0.05) is 0 Å². The molecule has 0 saturated carbocycles. The van der Waals surface area contributed by atoms with Crippen molar-refractivity contribution in [1.29, 1.82) is 0 Å². The smallest absolute Gasteiger partial charge is 0.146 e. The highest BCUT2D eigenvalue weighted by molar-refractivity contribution is 5.21. The van der Waals surface area contributed by atoms with Crippen molar-refractivity contribution in [3.05, 3.63) is 42.2 Å². The van der Waals surface area contributed by atoms with Crippen LogP contribution < -0.4 is 4.74 Å². The highest BCUT2D eigenvalue weighted by Crippen LogP contribution is 2.22. The highest BCUT2D eigenvalue weighted by atomic mass is 19.1. The lowest BCUT2D eigenvalue weighted by molar-refractivity contribution is -0.0146. The van der Waals surface area contributed by atoms with Crippen molar-refractivity contribution in [3.63, 3.8) is 0 Å². The molecule has 0 N–H and O–H groups in total. The molecule has 7 heteroatoms. The number of hydrogen-bond donors (Lipinski definition) is 0. The molecule has 1 aliphatic rings. The quantitative estimate of drug-likeness (QED) is 0.760. The van der Waals surface area contributed by atoms with Crippen LogP contribution >= 0.6 is 0 Å². The Hall–Kier alpha value is -1.99. The third-order valence-electron chi connectivity index (χ3n) is 3.96. The van der Waals surface area contributed by atoms with Gasteiger partial charge in [-0.3, -0.25) is 9.58 Å². The SMILES string of the molecule is Cn1ncnc1C1COCCN1CCCOc1ccc(F)cc1. The predicted octanol–water partition coefficient (Wildman–Crippen LogP) is 1.80. The van der Waals surface area contributed by atoms with E-state index in [-0.39, 0.29) is 11.9 Å². The number of ether oxygens (including phenoxy) is 2. The topological polar surface area (TPSA) is 52.4 Å². The molecule has 3 rings (SSSR count). The van der Waals surface area contributed by atoms with Gasteiger partial charge in [-0.2, -0.15) is 5.10 Å². The summed E-state index contributed by atoms with van der Waals surface area (Å²) in [5.41, 5.74) is 0. The van der Waals surface area contributed by atoms with Crippen LogP contribution in [0.4, 0.5) is 4.39 Å². The van der Waals surface area contributed by atoms with Crippen LogP contribution in [0.25, 0.3) is 0 Å². The number of nitrogens with zero attached hydrogens (tertiary/aromatic N) is 4. The van der Waals surface area contributed by atoms with Gasteiger partial charge < -0.3 is 9.47 Å². The van der Waals surface area contributed by atoms with Gasteiger partial charge >= 0.3 is 0 Å². The minimum Gasteiger partial charge on any atom is -0.494 e. The summed E-state index contributed by atoms with van der Waals surface area (Å²) in [6, 6.07) is 6.23. The molecule has 1 saturated heterocycles. The van der Waals surface area contributed by atoms with Gasteiger partial charge in [-0.15, -0.1) is 0 Å². The number of benzene rings is 1. The summed E-state index contributed by atoms with van der Waals surface area (Å²) in [7, 11) is 1.90. The molecule has 1 fully saturated rings. The average Bonchev–Trinajstić information content (AvgIpc) is 2.99. The standard InChI is InChI=1S/C16H21FN4O2/c1-20-16(18-12-19-20)15-11-22-10-8-21(15)7-2-9-23-14-5-3-13(17)4-6-14/h3-6,12,15H,2,7-11H2,1H3. The zero-order valence-corrected chi connectivity index (χ0v) is 13.2. The summed E-state index contributed by atoms with van der Waals surface area (Å²) in [4.78, 5) is 6.69. The molecule has 0 spiro atoms. The van der Waals surface area contributed by atoms with Gasteiger partial charge in [0.1, 0.15) is 23.7 Å². The molecule has 0 amide bonds. The van der Waals surface area contributed by atoms with E-state index < -0.39 is 0 Å². The summed E-state index contributed by atoms with van der Waals surface area (Å²) >= 11 is 0. The molecule has 1 aliphatic heterocycles. The van der Waals surface area contributed by atoms with Crippen molar-refractivity contribution in [2.24, 2.45) is 7.05 Å². The molecule has 1 aromatic heterocycles. The molecular weight excluding hydrogens is 299 g/mol. The normalized spacial score (nSPS) is 19.0. The monoisotopic (exact) mass is 320 g/mol. The fourth-order valence-corrected chi connectivity index (χ4v) is 2.74. The van der Waals surface area contributed by atoms with Gasteiger partial charge in [0, 0.05) is 20.1 Å². The summed E-state index contributed by atoms with van der Waals surface area (Å²) in [6.07, 6.45) is 2.45. The first-order chi connectivity index (χ1) is 11.2. The third-order valence-corrected chi connectivity index (χ3v) is 3.96. The summed E-state index contributed by atoms with van der Waals surface area (Å²) in [6.45, 7) is 3.71. The summed E-state index contributed by atoms with van der Waals surface area (Å²) < 4.78 is 25.9. The lowest BCUT2D eigenvalue weighted by atomic mass is 10.2. The van der Waals surface area contributed by atoms with Gasteiger partial charge in [0.25, 0.3) is 0 Å². The average molecular weight is 320 g/mol. The first kappa shape index (κ1) is 15.9. The minimum absolute atomic E-state index is 0.127. The van der Waals surface area contributed by atoms with E-state index >= 15 is 0 Å². The van der Waals surface area contributed by atoms with Crippen LogP contribution in [0, 0.1) is 5.82 Å². The molecule has 6 nitrogen and oxygen atoms in total. The first-order valence-corrected chi connectivity index (χ1v) is 7.78. The molecule has 2 aromatic rings. The van der Waals surface area contributed by atoms with Crippen molar-refractivity contribution < 1.29 is 13.9 Å². The van der Waals surface area contributed by atoms with E-state index in [9.17, 15) is 4.39 Å². The van der Waals surface area contributed by atoms with Crippen LogP contribution in [-0.2, 0) is 11.8 Å². The summed E-state index contributed by atoms with van der Waals surface area (Å²) in [5.74, 6) is 1.36. The minimum atomic E-state index is -0.253. The molecule has 1 aromatic carbocycles. The van der Waals surface area contributed by atoms with E-state index in [4.69, 9.17) is 9.47 Å². The Labute approximate surface area is 134 Å². The lowest BCUT2D eigenvalue weighted by Crippen LogP contribution is -2.41. The van der Waals surface area contributed by atoms with Crippen molar-refractivity contribution in [1.82, 2.24) is 19.7 Å². The van der Waals surface area contributed by atoms with Gasteiger partial charge in [-0.05, 0) is 30.7 Å². The van der Waals surface area contributed by atoms with Gasteiger partial charge in [0.05, 0.1) is 25.9 Å². The van der Waals surface area contributed by atoms with Crippen LogP contribution in [0.2, 0.25) is 0 Å².